The van der Waals surface area contributed by atoms with Gasteiger partial charge in [0.25, 0.3) is 0 Å². The van der Waals surface area contributed by atoms with E-state index in [0.29, 0.717) is 16.6 Å². The van der Waals surface area contributed by atoms with Crippen molar-refractivity contribution in [1.29, 1.82) is 0 Å². The third-order valence-corrected chi connectivity index (χ3v) is 4.31. The number of ether oxygens (including phenoxy) is 2. The van der Waals surface area contributed by atoms with Crippen molar-refractivity contribution in [3.8, 4) is 28.4 Å². The van der Waals surface area contributed by atoms with Crippen LogP contribution in [0.5, 0.6) is 11.5 Å². The van der Waals surface area contributed by atoms with Crippen molar-refractivity contribution in [2.45, 2.75) is 0 Å². The van der Waals surface area contributed by atoms with Crippen molar-refractivity contribution in [3.63, 3.8) is 0 Å². The summed E-state index contributed by atoms with van der Waals surface area (Å²) in [6, 6.07) is 15.5. The molecule has 7 nitrogen and oxygen atoms in total. The summed E-state index contributed by atoms with van der Waals surface area (Å²) in [7, 11) is 4.94. The Morgan fingerprint density at radius 3 is 2.54 bits per heavy atom. The first-order valence-corrected chi connectivity index (χ1v) is 8.95. The van der Waals surface area contributed by atoms with Crippen molar-refractivity contribution in [2.24, 2.45) is 5.10 Å². The number of thiocarbonyl (C=S) groups is 1. The molecule has 28 heavy (non-hydrogen) atoms. The van der Waals surface area contributed by atoms with E-state index in [1.54, 1.807) is 27.5 Å². The number of para-hydroxylation sites is 1. The van der Waals surface area contributed by atoms with Crippen LogP contribution in [-0.2, 0) is 0 Å². The Hall–Kier alpha value is -3.39. The number of nitrogens with one attached hydrogen (secondary N) is 2. The zero-order valence-corrected chi connectivity index (χ0v) is 16.7. The summed E-state index contributed by atoms with van der Waals surface area (Å²) in [5.41, 5.74) is 6.16. The zero-order valence-electron chi connectivity index (χ0n) is 15.8. The maximum Gasteiger partial charge on any atom is 0.186 e. The summed E-state index contributed by atoms with van der Waals surface area (Å²) in [5.74, 6) is 1.29. The van der Waals surface area contributed by atoms with Gasteiger partial charge >= 0.3 is 0 Å². The molecule has 0 spiro atoms. The molecule has 0 bridgehead atoms. The molecule has 8 heteroatoms. The number of rotatable bonds is 6. The molecule has 0 aliphatic rings. The minimum absolute atomic E-state index is 0.430. The average Bonchev–Trinajstić information content (AvgIpc) is 3.17. The fourth-order valence-electron chi connectivity index (χ4n) is 2.62. The van der Waals surface area contributed by atoms with Gasteiger partial charge in [0, 0.05) is 24.4 Å². The van der Waals surface area contributed by atoms with E-state index < -0.39 is 0 Å². The number of hydrazone groups is 1. The van der Waals surface area contributed by atoms with Crippen molar-refractivity contribution < 1.29 is 9.47 Å². The van der Waals surface area contributed by atoms with E-state index in [9.17, 15) is 0 Å². The van der Waals surface area contributed by atoms with Gasteiger partial charge in [0.15, 0.2) is 16.6 Å². The van der Waals surface area contributed by atoms with Gasteiger partial charge in [0.2, 0.25) is 0 Å². The Morgan fingerprint density at radius 2 is 1.86 bits per heavy atom. The predicted octanol–water partition coefficient (Wildman–Crippen LogP) is 2.98. The van der Waals surface area contributed by atoms with Crippen LogP contribution < -0.4 is 20.2 Å². The second-order valence-electron chi connectivity index (χ2n) is 5.73. The summed E-state index contributed by atoms with van der Waals surface area (Å²) in [6.45, 7) is 0. The molecule has 0 radical (unpaired) electrons. The van der Waals surface area contributed by atoms with Gasteiger partial charge in [-0.05, 0) is 42.5 Å². The van der Waals surface area contributed by atoms with E-state index in [1.807, 2.05) is 59.4 Å². The van der Waals surface area contributed by atoms with Crippen molar-refractivity contribution >= 4 is 23.5 Å². The van der Waals surface area contributed by atoms with Crippen LogP contribution in [0.1, 0.15) is 5.56 Å². The quantitative estimate of drug-likeness (QED) is 0.380. The minimum atomic E-state index is 0.430. The molecule has 0 unspecified atom stereocenters. The number of nitrogens with zero attached hydrogens (tertiary/aromatic N) is 3. The predicted molar refractivity (Wildman–Crippen MR) is 114 cm³/mol. The van der Waals surface area contributed by atoms with Gasteiger partial charge in [0.1, 0.15) is 5.69 Å². The van der Waals surface area contributed by atoms with Crippen LogP contribution in [0.3, 0.4) is 0 Å². The molecule has 3 rings (SSSR count). The smallest absolute Gasteiger partial charge is 0.186 e. The van der Waals surface area contributed by atoms with Crippen LogP contribution in [0.15, 0.2) is 59.8 Å². The number of methoxy groups -OCH3 is 2. The first-order valence-electron chi connectivity index (χ1n) is 8.54. The molecule has 0 aliphatic carbocycles. The summed E-state index contributed by atoms with van der Waals surface area (Å²) < 4.78 is 12.6. The lowest BCUT2D eigenvalue weighted by Gasteiger charge is -2.09. The highest BCUT2D eigenvalue weighted by molar-refractivity contribution is 7.80. The van der Waals surface area contributed by atoms with Gasteiger partial charge in [0.05, 0.1) is 26.1 Å². The molecular formula is C20H21N5O2S. The third-order valence-electron chi connectivity index (χ3n) is 4.02. The monoisotopic (exact) mass is 395 g/mol. The summed E-state index contributed by atoms with van der Waals surface area (Å²) in [6.07, 6.45) is 3.59. The summed E-state index contributed by atoms with van der Waals surface area (Å²) in [5, 5.41) is 12.2. The molecule has 3 aromatic rings. The maximum atomic E-state index is 5.43. The summed E-state index contributed by atoms with van der Waals surface area (Å²) in [4.78, 5) is 0. The normalized spacial score (nSPS) is 10.7. The van der Waals surface area contributed by atoms with Crippen molar-refractivity contribution in [2.75, 3.05) is 21.3 Å². The van der Waals surface area contributed by atoms with Gasteiger partial charge < -0.3 is 14.8 Å². The highest BCUT2D eigenvalue weighted by atomic mass is 32.1. The molecular weight excluding hydrogens is 374 g/mol. The van der Waals surface area contributed by atoms with E-state index >= 15 is 0 Å². The van der Waals surface area contributed by atoms with Crippen LogP contribution in [-0.4, -0.2) is 42.4 Å². The topological polar surface area (TPSA) is 72.7 Å². The van der Waals surface area contributed by atoms with Crippen molar-refractivity contribution in [3.05, 3.63) is 60.3 Å². The first-order chi connectivity index (χ1) is 13.7. The highest BCUT2D eigenvalue weighted by Gasteiger charge is 2.14. The van der Waals surface area contributed by atoms with Gasteiger partial charge in [-0.2, -0.15) is 10.2 Å². The lowest BCUT2D eigenvalue weighted by molar-refractivity contribution is 0.355. The second kappa shape index (κ2) is 9.01. The molecule has 0 fully saturated rings. The minimum Gasteiger partial charge on any atom is -0.493 e. The molecule has 0 saturated carbocycles. The zero-order chi connectivity index (χ0) is 19.9. The fraction of sp³-hybridized carbons (Fsp3) is 0.150. The molecule has 1 heterocycles. The van der Waals surface area contributed by atoms with Crippen LogP contribution in [0, 0.1) is 0 Å². The van der Waals surface area contributed by atoms with Crippen molar-refractivity contribution in [1.82, 2.24) is 20.5 Å². The van der Waals surface area contributed by atoms with Crippen LogP contribution in [0.25, 0.3) is 16.9 Å². The third kappa shape index (κ3) is 4.29. The average molecular weight is 395 g/mol. The van der Waals surface area contributed by atoms with E-state index in [4.69, 9.17) is 26.8 Å². The standard InChI is InChI=1S/C20H21N5O2S/c1-21-20(28)23-22-12-15-13-25(16-7-5-4-6-8-16)24-19(15)14-9-10-17(26-2)18(11-14)27-3/h4-13H,1-3H3,(H2,21,23,28)/b22-12-. The molecule has 0 amide bonds. The number of benzene rings is 2. The Labute approximate surface area is 169 Å². The Kier molecular flexibility index (Phi) is 6.23. The molecule has 0 aliphatic heterocycles. The van der Waals surface area contributed by atoms with E-state index in [1.165, 1.54) is 0 Å². The maximum absolute atomic E-state index is 5.43. The SMILES string of the molecule is CNC(=S)N/N=C\c1cn(-c2ccccc2)nc1-c1ccc(OC)c(OC)c1. The molecule has 0 atom stereocenters. The Balaban J connectivity index is 2.05. The van der Waals surface area contributed by atoms with E-state index in [0.717, 1.165) is 22.5 Å². The number of aromatic nitrogens is 2. The molecule has 0 saturated heterocycles. The molecule has 1 aromatic heterocycles. The van der Waals surface area contributed by atoms with Gasteiger partial charge in [-0.15, -0.1) is 0 Å². The van der Waals surface area contributed by atoms with Crippen LogP contribution >= 0.6 is 12.2 Å². The Morgan fingerprint density at radius 1 is 1.11 bits per heavy atom. The van der Waals surface area contributed by atoms with Gasteiger partial charge in [-0.25, -0.2) is 4.68 Å². The van der Waals surface area contributed by atoms with E-state index in [-0.39, 0.29) is 0 Å². The van der Waals surface area contributed by atoms with Gasteiger partial charge in [-0.3, -0.25) is 5.43 Å². The second-order valence-corrected chi connectivity index (χ2v) is 6.14. The lowest BCUT2D eigenvalue weighted by Crippen LogP contribution is -2.28. The van der Waals surface area contributed by atoms with Gasteiger partial charge in [-0.1, -0.05) is 18.2 Å². The Bertz CT molecular complexity index is 986. The molecule has 2 aromatic carbocycles. The fourth-order valence-corrected chi connectivity index (χ4v) is 2.67. The highest BCUT2D eigenvalue weighted by Crippen LogP contribution is 2.33. The largest absolute Gasteiger partial charge is 0.493 e. The first kappa shape index (κ1) is 19.4. The number of hydrogen-bond donors (Lipinski definition) is 2. The molecule has 2 N–H and O–H groups in total. The van der Waals surface area contributed by atoms with E-state index in [2.05, 4.69) is 15.8 Å². The number of hydrogen-bond acceptors (Lipinski definition) is 5. The van der Waals surface area contributed by atoms with Crippen LogP contribution in [0.2, 0.25) is 0 Å². The molecule has 144 valence electrons. The van der Waals surface area contributed by atoms with Crippen LogP contribution in [0.4, 0.5) is 0 Å². The summed E-state index contributed by atoms with van der Waals surface area (Å²) >= 11 is 5.05. The lowest BCUT2D eigenvalue weighted by atomic mass is 10.1.